The van der Waals surface area contributed by atoms with Gasteiger partial charge in [0.05, 0.1) is 17.6 Å². The van der Waals surface area contributed by atoms with Crippen LogP contribution in [-0.4, -0.2) is 52.9 Å². The third-order valence-electron chi connectivity index (χ3n) is 5.72. The number of piperidine rings is 1. The van der Waals surface area contributed by atoms with E-state index in [1.165, 1.54) is 6.07 Å². The molecule has 2 heterocycles. The Kier molecular flexibility index (Phi) is 7.80. The average Bonchev–Trinajstić information content (AvgIpc) is 2.76. The number of pyridine rings is 1. The van der Waals surface area contributed by atoms with Gasteiger partial charge >= 0.3 is 6.03 Å². The summed E-state index contributed by atoms with van der Waals surface area (Å²) in [5.74, 6) is -0.368. The second-order valence-electron chi connectivity index (χ2n) is 8.72. The summed E-state index contributed by atoms with van der Waals surface area (Å²) >= 11 is 0. The van der Waals surface area contributed by atoms with Crippen LogP contribution in [-0.2, 0) is 11.3 Å². The number of carbonyl (C=O) groups is 2. The summed E-state index contributed by atoms with van der Waals surface area (Å²) in [7, 11) is 1.87. The van der Waals surface area contributed by atoms with Crippen LogP contribution in [0.3, 0.4) is 0 Å². The number of halogens is 1. The van der Waals surface area contributed by atoms with Crippen LogP contribution in [0, 0.1) is 18.7 Å². The first-order chi connectivity index (χ1) is 15.2. The highest BCUT2D eigenvalue weighted by Gasteiger charge is 2.27. The second-order valence-corrected chi connectivity index (χ2v) is 8.72. The molecule has 1 aromatic carbocycles. The standard InChI is InChI=1S/C24H32FN5O2/c1-16(2)23(31)29(4)20-6-5-11-30(15-20)14-18-8-10-21(25)22(12-18)28-24(32)27-19-9-7-17(3)26-13-19/h7-10,12-13,16,20H,5-6,11,14-15H2,1-4H3,(H2,27,28,32)/t20-/m1/s1. The van der Waals surface area contributed by atoms with Crippen LogP contribution in [0.25, 0.3) is 0 Å². The van der Waals surface area contributed by atoms with Crippen molar-refractivity contribution in [3.05, 3.63) is 53.6 Å². The molecule has 0 unspecified atom stereocenters. The van der Waals surface area contributed by atoms with Gasteiger partial charge in [-0.15, -0.1) is 0 Å². The predicted molar refractivity (Wildman–Crippen MR) is 124 cm³/mol. The van der Waals surface area contributed by atoms with Crippen LogP contribution in [0.15, 0.2) is 36.5 Å². The zero-order chi connectivity index (χ0) is 23.3. The molecule has 8 heteroatoms. The van der Waals surface area contributed by atoms with Crippen LogP contribution < -0.4 is 10.6 Å². The van der Waals surface area contributed by atoms with Gasteiger partial charge in [-0.3, -0.25) is 14.7 Å². The van der Waals surface area contributed by atoms with Crippen LogP contribution in [0.4, 0.5) is 20.6 Å². The minimum absolute atomic E-state index is 0.0251. The summed E-state index contributed by atoms with van der Waals surface area (Å²) in [5.41, 5.74) is 2.40. The maximum atomic E-state index is 14.3. The molecule has 7 nitrogen and oxygen atoms in total. The molecule has 1 aliphatic rings. The molecule has 0 radical (unpaired) electrons. The molecule has 3 rings (SSSR count). The Hall–Kier alpha value is -3.00. The zero-order valence-electron chi connectivity index (χ0n) is 19.2. The molecule has 172 valence electrons. The van der Waals surface area contributed by atoms with Crippen LogP contribution in [0.2, 0.25) is 0 Å². The number of benzene rings is 1. The third kappa shape index (κ3) is 6.26. The fourth-order valence-corrected chi connectivity index (χ4v) is 3.93. The monoisotopic (exact) mass is 441 g/mol. The normalized spacial score (nSPS) is 16.6. The van der Waals surface area contributed by atoms with Gasteiger partial charge in [0.1, 0.15) is 5.82 Å². The van der Waals surface area contributed by atoms with Crippen LogP contribution >= 0.6 is 0 Å². The number of aryl methyl sites for hydroxylation is 1. The molecule has 0 spiro atoms. The number of nitrogens with zero attached hydrogens (tertiary/aromatic N) is 3. The second kappa shape index (κ2) is 10.5. The predicted octanol–water partition coefficient (Wildman–Crippen LogP) is 4.25. The number of carbonyl (C=O) groups excluding carboxylic acids is 2. The first-order valence-electron chi connectivity index (χ1n) is 11.0. The average molecular weight is 442 g/mol. The molecule has 1 fully saturated rings. The van der Waals surface area contributed by atoms with E-state index in [4.69, 9.17) is 0 Å². The number of nitrogens with one attached hydrogen (secondary N) is 2. The number of hydrogen-bond acceptors (Lipinski definition) is 4. The van der Waals surface area contributed by atoms with Crippen molar-refractivity contribution < 1.29 is 14.0 Å². The summed E-state index contributed by atoms with van der Waals surface area (Å²) in [6, 6.07) is 7.93. The van der Waals surface area contributed by atoms with Crippen LogP contribution in [0.5, 0.6) is 0 Å². The summed E-state index contributed by atoms with van der Waals surface area (Å²) in [6.07, 6.45) is 3.53. The Balaban J connectivity index is 1.61. The number of likely N-dealkylation sites (N-methyl/N-ethyl adjacent to an activating group) is 1. The van der Waals surface area contributed by atoms with Gasteiger partial charge in [0, 0.05) is 37.8 Å². The minimum Gasteiger partial charge on any atom is -0.341 e. The summed E-state index contributed by atoms with van der Waals surface area (Å²) < 4.78 is 14.3. The van der Waals surface area contributed by atoms with Crippen molar-refractivity contribution in [1.82, 2.24) is 14.8 Å². The number of rotatable bonds is 6. The zero-order valence-corrected chi connectivity index (χ0v) is 19.2. The smallest absolute Gasteiger partial charge is 0.323 e. The summed E-state index contributed by atoms with van der Waals surface area (Å²) in [5, 5.41) is 5.24. The van der Waals surface area contributed by atoms with E-state index in [1.54, 1.807) is 30.5 Å². The lowest BCUT2D eigenvalue weighted by Gasteiger charge is -2.38. The van der Waals surface area contributed by atoms with Gasteiger partial charge in [-0.25, -0.2) is 9.18 Å². The van der Waals surface area contributed by atoms with E-state index < -0.39 is 11.8 Å². The van der Waals surface area contributed by atoms with E-state index in [-0.39, 0.29) is 23.6 Å². The Morgan fingerprint density at radius 3 is 2.72 bits per heavy atom. The molecule has 32 heavy (non-hydrogen) atoms. The molecule has 1 atom stereocenters. The van der Waals surface area contributed by atoms with Crippen molar-refractivity contribution in [1.29, 1.82) is 0 Å². The topological polar surface area (TPSA) is 77.6 Å². The third-order valence-corrected chi connectivity index (χ3v) is 5.72. The van der Waals surface area contributed by atoms with Gasteiger partial charge in [0.15, 0.2) is 0 Å². The number of likely N-dealkylation sites (tertiary alicyclic amines) is 1. The molecule has 2 aromatic rings. The molecular formula is C24H32FN5O2. The lowest BCUT2D eigenvalue weighted by atomic mass is 10.0. The Bertz CT molecular complexity index is 948. The number of aromatic nitrogens is 1. The molecule has 0 bridgehead atoms. The minimum atomic E-state index is -0.529. The number of amides is 3. The molecule has 1 aliphatic heterocycles. The Labute approximate surface area is 189 Å². The van der Waals surface area contributed by atoms with E-state index in [2.05, 4.69) is 20.5 Å². The number of anilines is 2. The van der Waals surface area contributed by atoms with E-state index in [9.17, 15) is 14.0 Å². The molecule has 3 amide bonds. The summed E-state index contributed by atoms with van der Waals surface area (Å²) in [6.45, 7) is 8.00. The van der Waals surface area contributed by atoms with Crippen molar-refractivity contribution >= 4 is 23.3 Å². The SMILES string of the molecule is Cc1ccc(NC(=O)Nc2cc(CN3CCC[C@@H](N(C)C(=O)C(C)C)C3)ccc2F)cn1. The van der Waals surface area contributed by atoms with E-state index >= 15 is 0 Å². The van der Waals surface area contributed by atoms with Crippen molar-refractivity contribution in [2.75, 3.05) is 30.8 Å². The highest BCUT2D eigenvalue weighted by Crippen LogP contribution is 2.22. The largest absolute Gasteiger partial charge is 0.341 e. The maximum Gasteiger partial charge on any atom is 0.323 e. The van der Waals surface area contributed by atoms with Gasteiger partial charge in [0.25, 0.3) is 0 Å². The molecular weight excluding hydrogens is 409 g/mol. The molecule has 1 aromatic heterocycles. The summed E-state index contributed by atoms with van der Waals surface area (Å²) in [4.78, 5) is 32.9. The Morgan fingerprint density at radius 2 is 2.03 bits per heavy atom. The number of hydrogen-bond donors (Lipinski definition) is 2. The van der Waals surface area contributed by atoms with Crippen LogP contribution in [0.1, 0.15) is 37.9 Å². The highest BCUT2D eigenvalue weighted by molar-refractivity contribution is 5.99. The maximum absolute atomic E-state index is 14.3. The van der Waals surface area contributed by atoms with Crippen molar-refractivity contribution in [3.63, 3.8) is 0 Å². The molecule has 2 N–H and O–H groups in total. The van der Waals surface area contributed by atoms with Crippen molar-refractivity contribution in [2.45, 2.75) is 46.2 Å². The lowest BCUT2D eigenvalue weighted by Crippen LogP contribution is -2.49. The van der Waals surface area contributed by atoms with Crippen molar-refractivity contribution in [2.24, 2.45) is 5.92 Å². The Morgan fingerprint density at radius 1 is 1.25 bits per heavy atom. The quantitative estimate of drug-likeness (QED) is 0.703. The van der Waals surface area contributed by atoms with Gasteiger partial charge in [-0.05, 0) is 56.1 Å². The van der Waals surface area contributed by atoms with E-state index in [1.807, 2.05) is 32.7 Å². The van der Waals surface area contributed by atoms with Gasteiger partial charge in [0.2, 0.25) is 5.91 Å². The highest BCUT2D eigenvalue weighted by atomic mass is 19.1. The fraction of sp³-hybridized carbons (Fsp3) is 0.458. The first kappa shape index (κ1) is 23.7. The van der Waals surface area contributed by atoms with E-state index in [0.717, 1.165) is 37.2 Å². The van der Waals surface area contributed by atoms with Gasteiger partial charge in [-0.2, -0.15) is 0 Å². The number of urea groups is 1. The molecule has 0 aliphatic carbocycles. The fourth-order valence-electron chi connectivity index (χ4n) is 3.93. The molecule has 0 saturated carbocycles. The van der Waals surface area contributed by atoms with Gasteiger partial charge < -0.3 is 15.5 Å². The van der Waals surface area contributed by atoms with Crippen molar-refractivity contribution in [3.8, 4) is 0 Å². The van der Waals surface area contributed by atoms with E-state index in [0.29, 0.717) is 12.2 Å². The first-order valence-corrected chi connectivity index (χ1v) is 11.0. The molecule has 1 saturated heterocycles. The lowest BCUT2D eigenvalue weighted by molar-refractivity contribution is -0.136. The van der Waals surface area contributed by atoms with Gasteiger partial charge in [-0.1, -0.05) is 19.9 Å².